The fourth-order valence-electron chi connectivity index (χ4n) is 1.94. The molecule has 0 saturated heterocycles. The van der Waals surface area contributed by atoms with Gasteiger partial charge < -0.3 is 15.8 Å². The topological polar surface area (TPSA) is 77.2 Å². The molecule has 1 aromatic heterocycles. The van der Waals surface area contributed by atoms with E-state index in [4.69, 9.17) is 10.5 Å². The van der Waals surface area contributed by atoms with Crippen molar-refractivity contribution in [2.24, 2.45) is 0 Å². The molecule has 0 fully saturated rings. The second-order valence-electron chi connectivity index (χ2n) is 4.50. The van der Waals surface area contributed by atoms with Crippen molar-refractivity contribution in [1.82, 2.24) is 4.37 Å². The van der Waals surface area contributed by atoms with E-state index in [-0.39, 0.29) is 11.9 Å². The van der Waals surface area contributed by atoms with Crippen LogP contribution in [0.2, 0.25) is 0 Å². The molecule has 2 rings (SSSR count). The first-order valence-electron chi connectivity index (χ1n) is 6.25. The number of ether oxygens (including phenoxy) is 1. The van der Waals surface area contributed by atoms with Crippen LogP contribution in [-0.2, 0) is 11.2 Å². The number of carbonyl (C=O) groups is 1. The molecule has 0 bridgehead atoms. The van der Waals surface area contributed by atoms with Crippen molar-refractivity contribution in [3.05, 3.63) is 41.5 Å². The number of hydrogen-bond acceptors (Lipinski definition) is 6. The highest BCUT2D eigenvalue weighted by Gasteiger charge is 2.21. The summed E-state index contributed by atoms with van der Waals surface area (Å²) in [5, 5.41) is 3.92. The van der Waals surface area contributed by atoms with Crippen LogP contribution in [0.5, 0.6) is 0 Å². The Hall–Kier alpha value is -2.08. The van der Waals surface area contributed by atoms with E-state index in [1.807, 2.05) is 25.1 Å². The molecule has 6 heteroatoms. The maximum absolute atomic E-state index is 11.7. The third kappa shape index (κ3) is 3.27. The Kier molecular flexibility index (Phi) is 4.57. The summed E-state index contributed by atoms with van der Waals surface area (Å²) in [6, 6.07) is 10.3. The van der Waals surface area contributed by atoms with E-state index in [0.717, 1.165) is 6.42 Å². The summed E-state index contributed by atoms with van der Waals surface area (Å²) >= 11 is 1.17. The second-order valence-corrected chi connectivity index (χ2v) is 5.27. The predicted molar refractivity (Wildman–Crippen MR) is 81.1 cm³/mol. The van der Waals surface area contributed by atoms with Gasteiger partial charge in [-0.05, 0) is 30.4 Å². The van der Waals surface area contributed by atoms with Gasteiger partial charge in [-0.2, -0.15) is 4.37 Å². The van der Waals surface area contributed by atoms with Gasteiger partial charge in [-0.1, -0.05) is 30.3 Å². The third-order valence-electron chi connectivity index (χ3n) is 2.87. The van der Waals surface area contributed by atoms with Gasteiger partial charge in [0.15, 0.2) is 5.82 Å². The maximum atomic E-state index is 11.7. The number of nitrogens with zero attached hydrogens (tertiary/aromatic N) is 1. The van der Waals surface area contributed by atoms with Crippen LogP contribution in [0.1, 0.15) is 22.8 Å². The molecule has 5 nitrogen and oxygen atoms in total. The number of esters is 1. The van der Waals surface area contributed by atoms with Crippen LogP contribution in [0.15, 0.2) is 30.3 Å². The summed E-state index contributed by atoms with van der Waals surface area (Å²) in [4.78, 5) is 11.7. The van der Waals surface area contributed by atoms with Gasteiger partial charge in [0.2, 0.25) is 0 Å². The van der Waals surface area contributed by atoms with Crippen LogP contribution >= 0.6 is 11.5 Å². The van der Waals surface area contributed by atoms with E-state index >= 15 is 0 Å². The molecule has 3 N–H and O–H groups in total. The Morgan fingerprint density at radius 1 is 1.45 bits per heavy atom. The molecule has 1 unspecified atom stereocenters. The van der Waals surface area contributed by atoms with E-state index in [0.29, 0.717) is 10.6 Å². The molecule has 0 aliphatic heterocycles. The fraction of sp³-hybridized carbons (Fsp3) is 0.286. The lowest BCUT2D eigenvalue weighted by Crippen LogP contribution is -2.19. The van der Waals surface area contributed by atoms with E-state index < -0.39 is 5.97 Å². The summed E-state index contributed by atoms with van der Waals surface area (Å²) in [7, 11) is 1.33. The third-order valence-corrected chi connectivity index (χ3v) is 3.66. The van der Waals surface area contributed by atoms with Gasteiger partial charge in [0, 0.05) is 6.04 Å². The molecular weight excluding hydrogens is 274 g/mol. The molecule has 0 radical (unpaired) electrons. The van der Waals surface area contributed by atoms with Gasteiger partial charge in [-0.3, -0.25) is 0 Å². The quantitative estimate of drug-likeness (QED) is 0.828. The van der Waals surface area contributed by atoms with Crippen molar-refractivity contribution in [2.45, 2.75) is 19.4 Å². The van der Waals surface area contributed by atoms with Crippen LogP contribution < -0.4 is 11.1 Å². The molecule has 20 heavy (non-hydrogen) atoms. The number of benzene rings is 1. The fourth-order valence-corrected chi connectivity index (χ4v) is 2.76. The molecule has 1 aromatic carbocycles. The molecule has 1 atom stereocenters. The van der Waals surface area contributed by atoms with Crippen LogP contribution in [0.4, 0.5) is 10.8 Å². The molecule has 0 saturated carbocycles. The van der Waals surface area contributed by atoms with Crippen molar-refractivity contribution >= 4 is 28.3 Å². The lowest BCUT2D eigenvalue weighted by atomic mass is 10.1. The lowest BCUT2D eigenvalue weighted by Gasteiger charge is -2.14. The van der Waals surface area contributed by atoms with Gasteiger partial charge in [-0.15, -0.1) is 0 Å². The van der Waals surface area contributed by atoms with Crippen molar-refractivity contribution in [3.63, 3.8) is 0 Å². The first-order chi connectivity index (χ1) is 9.61. The van der Waals surface area contributed by atoms with Gasteiger partial charge >= 0.3 is 5.97 Å². The number of carbonyl (C=O) groups excluding carboxylic acids is 1. The summed E-state index contributed by atoms with van der Waals surface area (Å²) < 4.78 is 8.73. The molecule has 0 aliphatic carbocycles. The Morgan fingerprint density at radius 3 is 2.80 bits per heavy atom. The van der Waals surface area contributed by atoms with Gasteiger partial charge in [0.05, 0.1) is 7.11 Å². The first kappa shape index (κ1) is 14.3. The summed E-state index contributed by atoms with van der Waals surface area (Å²) in [5.41, 5.74) is 7.25. The highest BCUT2D eigenvalue weighted by Crippen LogP contribution is 2.28. The number of nitrogen functional groups attached to an aromatic ring is 1. The zero-order chi connectivity index (χ0) is 14.5. The molecule has 0 amide bonds. The molecule has 0 spiro atoms. The number of aromatic nitrogens is 1. The number of nitrogens with one attached hydrogen (secondary N) is 1. The average molecular weight is 291 g/mol. The first-order valence-corrected chi connectivity index (χ1v) is 7.03. The normalized spacial score (nSPS) is 11.9. The smallest absolute Gasteiger partial charge is 0.344 e. The minimum absolute atomic E-state index is 0.153. The van der Waals surface area contributed by atoms with Crippen LogP contribution in [0, 0.1) is 0 Å². The molecule has 2 aromatic rings. The Balaban J connectivity index is 2.08. The minimum atomic E-state index is -0.467. The Morgan fingerprint density at radius 2 is 2.15 bits per heavy atom. The van der Waals surface area contributed by atoms with Gasteiger partial charge in [0.1, 0.15) is 10.6 Å². The van der Waals surface area contributed by atoms with E-state index in [2.05, 4.69) is 21.8 Å². The van der Waals surface area contributed by atoms with E-state index in [1.165, 1.54) is 24.2 Å². The highest BCUT2D eigenvalue weighted by atomic mass is 32.1. The molecule has 1 heterocycles. The Labute approximate surface area is 121 Å². The predicted octanol–water partition coefficient (Wildman–Crippen LogP) is 2.56. The van der Waals surface area contributed by atoms with Gasteiger partial charge in [-0.25, -0.2) is 4.79 Å². The largest absolute Gasteiger partial charge is 0.465 e. The minimum Gasteiger partial charge on any atom is -0.465 e. The Bertz CT molecular complexity index is 583. The van der Waals surface area contributed by atoms with Gasteiger partial charge in [0.25, 0.3) is 0 Å². The molecular formula is C14H17N3O2S. The van der Waals surface area contributed by atoms with Crippen LogP contribution in [0.25, 0.3) is 0 Å². The number of nitrogens with two attached hydrogens (primary N) is 1. The maximum Gasteiger partial charge on any atom is 0.344 e. The highest BCUT2D eigenvalue weighted by molar-refractivity contribution is 7.11. The average Bonchev–Trinajstić information content (AvgIpc) is 2.80. The van der Waals surface area contributed by atoms with Crippen molar-refractivity contribution in [2.75, 3.05) is 18.2 Å². The lowest BCUT2D eigenvalue weighted by molar-refractivity contribution is 0.0603. The summed E-state index contributed by atoms with van der Waals surface area (Å²) in [6.45, 7) is 2.05. The molecule has 106 valence electrons. The SMILES string of the molecule is COC(=O)c1c(N)nsc1NC(C)Cc1ccccc1. The second kappa shape index (κ2) is 6.38. The standard InChI is InChI=1S/C14H17N3O2S/c1-9(8-10-6-4-3-5-7-10)16-13-11(14(18)19-2)12(15)17-20-13/h3-7,9,16H,8H2,1-2H3,(H2,15,17). The number of hydrogen-bond donors (Lipinski definition) is 2. The van der Waals surface area contributed by atoms with Crippen LogP contribution in [0.3, 0.4) is 0 Å². The van der Waals surface area contributed by atoms with E-state index in [1.54, 1.807) is 0 Å². The molecule has 0 aliphatic rings. The van der Waals surface area contributed by atoms with Crippen LogP contribution in [-0.4, -0.2) is 23.5 Å². The van der Waals surface area contributed by atoms with E-state index in [9.17, 15) is 4.79 Å². The number of rotatable bonds is 5. The van der Waals surface area contributed by atoms with Crippen molar-refractivity contribution in [1.29, 1.82) is 0 Å². The van der Waals surface area contributed by atoms with Crippen molar-refractivity contribution in [3.8, 4) is 0 Å². The monoisotopic (exact) mass is 291 g/mol. The summed E-state index contributed by atoms with van der Waals surface area (Å²) in [6.07, 6.45) is 0.846. The zero-order valence-corrected chi connectivity index (χ0v) is 12.2. The number of methoxy groups -OCH3 is 1. The van der Waals surface area contributed by atoms with Crippen molar-refractivity contribution < 1.29 is 9.53 Å². The summed E-state index contributed by atoms with van der Waals surface area (Å²) in [5.74, 6) is -0.262. The zero-order valence-electron chi connectivity index (χ0n) is 11.4. The number of anilines is 2.